The van der Waals surface area contributed by atoms with Crippen molar-refractivity contribution in [3.05, 3.63) is 58.5 Å². The molecular formula is C20H19ClF3N5O. The molecule has 2 aromatic heterocycles. The highest BCUT2D eigenvalue weighted by Gasteiger charge is 2.37. The summed E-state index contributed by atoms with van der Waals surface area (Å²) in [6, 6.07) is 9.85. The Kier molecular flexibility index (Phi) is 5.55. The molecule has 0 bridgehead atoms. The van der Waals surface area contributed by atoms with Crippen molar-refractivity contribution >= 4 is 17.5 Å². The zero-order chi connectivity index (χ0) is 21.3. The molecule has 0 unspecified atom stereocenters. The number of aromatic nitrogens is 4. The Balaban J connectivity index is 1.31. The number of alkyl halides is 3. The number of carbonyl (C=O) groups excluding carboxylic acids is 1. The van der Waals surface area contributed by atoms with Gasteiger partial charge in [-0.1, -0.05) is 23.7 Å². The Morgan fingerprint density at radius 3 is 2.63 bits per heavy atom. The molecular weight excluding hydrogens is 419 g/mol. The van der Waals surface area contributed by atoms with Gasteiger partial charge in [0.25, 0.3) is 5.91 Å². The average molecular weight is 438 g/mol. The van der Waals surface area contributed by atoms with E-state index in [0.717, 1.165) is 24.5 Å². The lowest BCUT2D eigenvalue weighted by molar-refractivity contribution is -0.141. The standard InChI is InChI=1S/C20H19ClF3N5O/c21-14-6-4-12(5-7-14)15-10-16(27-26-15)19(30)25-8-1-9-29-17(13-2-3-13)11-18(28-29)20(22,23)24/h4-7,10-11,13H,1-3,8-9H2,(H,25,30)(H,26,27). The first-order valence-electron chi connectivity index (χ1n) is 9.56. The molecule has 30 heavy (non-hydrogen) atoms. The predicted octanol–water partition coefficient (Wildman–Crippen LogP) is 4.64. The third-order valence-corrected chi connectivity index (χ3v) is 5.14. The zero-order valence-electron chi connectivity index (χ0n) is 15.8. The van der Waals surface area contributed by atoms with Gasteiger partial charge in [-0.05, 0) is 43.5 Å². The van der Waals surface area contributed by atoms with Crippen LogP contribution in [0.2, 0.25) is 5.02 Å². The normalized spacial score (nSPS) is 14.1. The number of amides is 1. The summed E-state index contributed by atoms with van der Waals surface area (Å²) in [6.07, 6.45) is -2.22. The minimum Gasteiger partial charge on any atom is -0.351 e. The molecule has 158 valence electrons. The fourth-order valence-electron chi connectivity index (χ4n) is 3.19. The molecule has 3 aromatic rings. The van der Waals surface area contributed by atoms with Crippen LogP contribution >= 0.6 is 11.6 Å². The topological polar surface area (TPSA) is 75.6 Å². The van der Waals surface area contributed by atoms with Crippen molar-refractivity contribution in [2.45, 2.75) is 37.9 Å². The number of halogens is 4. The maximum Gasteiger partial charge on any atom is 0.435 e. The summed E-state index contributed by atoms with van der Waals surface area (Å²) in [6.45, 7) is 0.612. The number of hydrogen-bond acceptors (Lipinski definition) is 3. The summed E-state index contributed by atoms with van der Waals surface area (Å²) in [5.74, 6) is -0.180. The van der Waals surface area contributed by atoms with E-state index in [1.807, 2.05) is 0 Å². The van der Waals surface area contributed by atoms with Gasteiger partial charge in [-0.15, -0.1) is 0 Å². The minimum absolute atomic E-state index is 0.152. The van der Waals surface area contributed by atoms with Gasteiger partial charge in [-0.2, -0.15) is 23.4 Å². The highest BCUT2D eigenvalue weighted by molar-refractivity contribution is 6.30. The summed E-state index contributed by atoms with van der Waals surface area (Å²) in [7, 11) is 0. The summed E-state index contributed by atoms with van der Waals surface area (Å²) < 4.78 is 40.2. The van der Waals surface area contributed by atoms with Crippen LogP contribution in [0.1, 0.15) is 47.1 Å². The summed E-state index contributed by atoms with van der Waals surface area (Å²) in [5, 5.41) is 13.9. The van der Waals surface area contributed by atoms with Gasteiger partial charge in [0.2, 0.25) is 0 Å². The maximum absolute atomic E-state index is 12.9. The lowest BCUT2D eigenvalue weighted by atomic mass is 10.1. The fraction of sp³-hybridized carbons (Fsp3) is 0.350. The second-order valence-electron chi connectivity index (χ2n) is 7.23. The zero-order valence-corrected chi connectivity index (χ0v) is 16.6. The molecule has 0 saturated heterocycles. The van der Waals surface area contributed by atoms with Crippen molar-refractivity contribution < 1.29 is 18.0 Å². The van der Waals surface area contributed by atoms with Crippen molar-refractivity contribution in [1.29, 1.82) is 0 Å². The Hall–Kier alpha value is -2.81. The van der Waals surface area contributed by atoms with Gasteiger partial charge in [0.15, 0.2) is 5.69 Å². The molecule has 4 rings (SSSR count). The van der Waals surface area contributed by atoms with Crippen LogP contribution in [0.15, 0.2) is 36.4 Å². The molecule has 1 aliphatic carbocycles. The summed E-state index contributed by atoms with van der Waals surface area (Å²) in [5.41, 5.74) is 1.50. The van der Waals surface area contributed by atoms with Crippen molar-refractivity contribution in [2.75, 3.05) is 6.54 Å². The van der Waals surface area contributed by atoms with Crippen LogP contribution in [0.3, 0.4) is 0 Å². The Morgan fingerprint density at radius 1 is 1.23 bits per heavy atom. The molecule has 1 aliphatic rings. The van der Waals surface area contributed by atoms with E-state index in [4.69, 9.17) is 11.6 Å². The number of nitrogens with one attached hydrogen (secondary N) is 2. The largest absolute Gasteiger partial charge is 0.435 e. The molecule has 0 atom stereocenters. The van der Waals surface area contributed by atoms with Gasteiger partial charge in [0, 0.05) is 35.3 Å². The summed E-state index contributed by atoms with van der Waals surface area (Å²) in [4.78, 5) is 12.3. The lowest BCUT2D eigenvalue weighted by Gasteiger charge is -2.07. The molecule has 1 fully saturated rings. The van der Waals surface area contributed by atoms with E-state index < -0.39 is 11.9 Å². The van der Waals surface area contributed by atoms with Crippen molar-refractivity contribution in [1.82, 2.24) is 25.3 Å². The predicted molar refractivity (Wildman–Crippen MR) is 105 cm³/mol. The fourth-order valence-corrected chi connectivity index (χ4v) is 3.32. The van der Waals surface area contributed by atoms with E-state index in [1.165, 1.54) is 4.68 Å². The molecule has 0 radical (unpaired) electrons. The van der Waals surface area contributed by atoms with Gasteiger partial charge < -0.3 is 5.32 Å². The highest BCUT2D eigenvalue weighted by atomic mass is 35.5. The van der Waals surface area contributed by atoms with Crippen LogP contribution in [-0.2, 0) is 12.7 Å². The van der Waals surface area contributed by atoms with Gasteiger partial charge in [-0.25, -0.2) is 0 Å². The molecule has 2 N–H and O–H groups in total. The molecule has 6 nitrogen and oxygen atoms in total. The van der Waals surface area contributed by atoms with Gasteiger partial charge >= 0.3 is 6.18 Å². The van der Waals surface area contributed by atoms with Crippen LogP contribution in [-0.4, -0.2) is 32.4 Å². The Bertz CT molecular complexity index is 1040. The van der Waals surface area contributed by atoms with Crippen LogP contribution in [0.25, 0.3) is 11.3 Å². The SMILES string of the molecule is O=C(NCCCn1nc(C(F)(F)F)cc1C1CC1)c1cc(-c2ccc(Cl)cc2)n[nH]1. The van der Waals surface area contributed by atoms with Crippen LogP contribution in [0, 0.1) is 0 Å². The van der Waals surface area contributed by atoms with Gasteiger partial charge in [0.1, 0.15) is 5.69 Å². The highest BCUT2D eigenvalue weighted by Crippen LogP contribution is 2.42. The molecule has 10 heteroatoms. The number of hydrogen-bond donors (Lipinski definition) is 2. The average Bonchev–Trinajstić information content (AvgIpc) is 3.25. The van der Waals surface area contributed by atoms with Crippen LogP contribution in [0.4, 0.5) is 13.2 Å². The first-order chi connectivity index (χ1) is 14.3. The quantitative estimate of drug-likeness (QED) is 0.528. The van der Waals surface area contributed by atoms with E-state index in [-0.39, 0.29) is 11.8 Å². The second-order valence-corrected chi connectivity index (χ2v) is 7.67. The number of carbonyl (C=O) groups is 1. The number of H-pyrrole nitrogens is 1. The Labute approximate surface area is 175 Å². The maximum atomic E-state index is 12.9. The lowest BCUT2D eigenvalue weighted by Crippen LogP contribution is -2.25. The molecule has 1 aromatic carbocycles. The first-order valence-corrected chi connectivity index (χ1v) is 9.93. The molecule has 1 amide bonds. The molecule has 2 heterocycles. The number of nitrogens with zero attached hydrogens (tertiary/aromatic N) is 3. The van der Waals surface area contributed by atoms with Crippen molar-refractivity contribution in [3.8, 4) is 11.3 Å². The van der Waals surface area contributed by atoms with E-state index in [1.54, 1.807) is 30.3 Å². The molecule has 0 spiro atoms. The molecule has 1 saturated carbocycles. The number of rotatable bonds is 7. The third kappa shape index (κ3) is 4.67. The van der Waals surface area contributed by atoms with Crippen LogP contribution < -0.4 is 5.32 Å². The van der Waals surface area contributed by atoms with Gasteiger partial charge in [-0.3, -0.25) is 14.6 Å². The van der Waals surface area contributed by atoms with E-state index >= 15 is 0 Å². The monoisotopic (exact) mass is 437 g/mol. The second kappa shape index (κ2) is 8.14. The number of aromatic amines is 1. The number of benzene rings is 1. The van der Waals surface area contributed by atoms with E-state index in [9.17, 15) is 18.0 Å². The number of aryl methyl sites for hydroxylation is 1. The third-order valence-electron chi connectivity index (χ3n) is 4.89. The Morgan fingerprint density at radius 2 is 1.97 bits per heavy atom. The van der Waals surface area contributed by atoms with Gasteiger partial charge in [0.05, 0.1) is 5.69 Å². The van der Waals surface area contributed by atoms with Crippen molar-refractivity contribution in [3.63, 3.8) is 0 Å². The first kappa shape index (κ1) is 20.5. The van der Waals surface area contributed by atoms with E-state index in [0.29, 0.717) is 41.6 Å². The summed E-state index contributed by atoms with van der Waals surface area (Å²) >= 11 is 5.87. The van der Waals surface area contributed by atoms with Crippen LogP contribution in [0.5, 0.6) is 0 Å². The molecule has 0 aliphatic heterocycles. The van der Waals surface area contributed by atoms with Crippen molar-refractivity contribution in [2.24, 2.45) is 0 Å². The van der Waals surface area contributed by atoms with E-state index in [2.05, 4.69) is 20.6 Å². The smallest absolute Gasteiger partial charge is 0.351 e. The minimum atomic E-state index is -4.45.